The minimum absolute atomic E-state index is 0.118. The zero-order chi connectivity index (χ0) is 17.4. The Morgan fingerprint density at radius 1 is 1.28 bits per heavy atom. The predicted octanol–water partition coefficient (Wildman–Crippen LogP) is 2.25. The Bertz CT molecular complexity index is 819. The molecule has 2 bridgehead atoms. The summed E-state index contributed by atoms with van der Waals surface area (Å²) < 4.78 is 0. The van der Waals surface area contributed by atoms with Gasteiger partial charge in [-0.25, -0.2) is 4.98 Å². The largest absolute Gasteiger partial charge is 0.346 e. The third-order valence-electron chi connectivity index (χ3n) is 4.85. The van der Waals surface area contributed by atoms with E-state index in [4.69, 9.17) is 0 Å². The van der Waals surface area contributed by atoms with Crippen molar-refractivity contribution < 1.29 is 9.59 Å². The fraction of sp³-hybridized carbons (Fsp3) is 0.389. The highest BCUT2D eigenvalue weighted by atomic mass is 32.1. The average Bonchev–Trinajstić information content (AvgIpc) is 3.31. The Hall–Kier alpha value is -2.25. The number of piperidine rings is 1. The normalized spacial score (nSPS) is 24.3. The average molecular weight is 356 g/mol. The van der Waals surface area contributed by atoms with Crippen molar-refractivity contribution in [2.45, 2.75) is 31.8 Å². The Morgan fingerprint density at radius 2 is 2.12 bits per heavy atom. The van der Waals surface area contributed by atoms with Gasteiger partial charge in [0.05, 0.1) is 4.88 Å². The maximum absolute atomic E-state index is 12.5. The van der Waals surface area contributed by atoms with Crippen LogP contribution in [0.4, 0.5) is 5.69 Å². The molecule has 1 saturated carbocycles. The van der Waals surface area contributed by atoms with Crippen molar-refractivity contribution in [1.29, 1.82) is 0 Å². The minimum Gasteiger partial charge on any atom is -0.346 e. The molecule has 2 aliphatic rings. The Labute approximate surface area is 150 Å². The summed E-state index contributed by atoms with van der Waals surface area (Å²) in [6, 6.07) is 8.13. The molecule has 2 aromatic rings. The van der Waals surface area contributed by atoms with E-state index in [2.05, 4.69) is 20.9 Å². The highest BCUT2D eigenvalue weighted by Gasteiger charge is 2.40. The monoisotopic (exact) mass is 356 g/mol. The molecule has 0 radical (unpaired) electrons. The molecule has 6 nitrogen and oxygen atoms in total. The molecule has 3 N–H and O–H groups in total. The van der Waals surface area contributed by atoms with E-state index in [0.29, 0.717) is 17.0 Å². The molecule has 2 amide bonds. The van der Waals surface area contributed by atoms with E-state index < -0.39 is 0 Å². The predicted molar refractivity (Wildman–Crippen MR) is 97.6 cm³/mol. The molecule has 1 aliphatic heterocycles. The van der Waals surface area contributed by atoms with Gasteiger partial charge in [-0.15, -0.1) is 11.3 Å². The fourth-order valence-electron chi connectivity index (χ4n) is 3.74. The van der Waals surface area contributed by atoms with E-state index in [-0.39, 0.29) is 17.9 Å². The molecule has 25 heavy (non-hydrogen) atoms. The van der Waals surface area contributed by atoms with Gasteiger partial charge >= 0.3 is 0 Å². The van der Waals surface area contributed by atoms with Crippen molar-refractivity contribution in [3.8, 4) is 10.4 Å². The van der Waals surface area contributed by atoms with Gasteiger partial charge in [0, 0.05) is 36.5 Å². The van der Waals surface area contributed by atoms with Crippen LogP contribution in [0.1, 0.15) is 29.6 Å². The van der Waals surface area contributed by atoms with E-state index >= 15 is 0 Å². The molecule has 1 aromatic carbocycles. The van der Waals surface area contributed by atoms with Crippen LogP contribution in [0.2, 0.25) is 0 Å². The lowest BCUT2D eigenvalue weighted by molar-refractivity contribution is -0.114. The number of nitrogens with one attached hydrogen (secondary N) is 3. The van der Waals surface area contributed by atoms with Crippen LogP contribution in [0.25, 0.3) is 10.4 Å². The number of para-hydroxylation sites is 1. The van der Waals surface area contributed by atoms with Gasteiger partial charge in [-0.2, -0.15) is 0 Å². The van der Waals surface area contributed by atoms with E-state index in [1.165, 1.54) is 18.3 Å². The van der Waals surface area contributed by atoms with E-state index in [0.717, 1.165) is 35.5 Å². The third kappa shape index (κ3) is 3.29. The third-order valence-corrected chi connectivity index (χ3v) is 5.88. The highest BCUT2D eigenvalue weighted by molar-refractivity contribution is 7.17. The van der Waals surface area contributed by atoms with Crippen molar-refractivity contribution in [2.75, 3.05) is 11.9 Å². The highest BCUT2D eigenvalue weighted by Crippen LogP contribution is 2.33. The lowest BCUT2D eigenvalue weighted by Gasteiger charge is -2.23. The van der Waals surface area contributed by atoms with Crippen molar-refractivity contribution in [3.63, 3.8) is 0 Å². The number of nitrogens with zero attached hydrogens (tertiary/aromatic N) is 1. The molecule has 3 unspecified atom stereocenters. The number of carbonyl (C=O) groups excluding carboxylic acids is 2. The van der Waals surface area contributed by atoms with Crippen molar-refractivity contribution in [2.24, 2.45) is 5.92 Å². The molecule has 0 spiro atoms. The minimum atomic E-state index is -0.126. The van der Waals surface area contributed by atoms with Crippen molar-refractivity contribution in [3.05, 3.63) is 35.5 Å². The number of hydrogen-bond acceptors (Lipinski definition) is 5. The molecule has 4 rings (SSSR count). The summed E-state index contributed by atoms with van der Waals surface area (Å²) in [5.74, 6) is 0.443. The second kappa shape index (κ2) is 6.57. The number of carbonyl (C=O) groups is 2. The van der Waals surface area contributed by atoms with Gasteiger partial charge in [0.1, 0.15) is 0 Å². The maximum atomic E-state index is 12.5. The first-order chi connectivity index (χ1) is 12.1. The number of fused-ring (bicyclic) bond motifs is 2. The van der Waals surface area contributed by atoms with Crippen LogP contribution in [0, 0.1) is 5.92 Å². The van der Waals surface area contributed by atoms with E-state index in [1.807, 2.05) is 24.3 Å². The quantitative estimate of drug-likeness (QED) is 0.785. The van der Waals surface area contributed by atoms with Gasteiger partial charge in [-0.1, -0.05) is 18.2 Å². The molecule has 7 heteroatoms. The van der Waals surface area contributed by atoms with Crippen LogP contribution in [-0.4, -0.2) is 35.4 Å². The summed E-state index contributed by atoms with van der Waals surface area (Å²) in [5.41, 5.74) is 1.60. The second-order valence-electron chi connectivity index (χ2n) is 6.69. The van der Waals surface area contributed by atoms with Crippen LogP contribution in [0.5, 0.6) is 0 Å². The van der Waals surface area contributed by atoms with Crippen LogP contribution in [0.15, 0.2) is 30.5 Å². The molecule has 1 saturated heterocycles. The van der Waals surface area contributed by atoms with Gasteiger partial charge in [-0.3, -0.25) is 9.59 Å². The summed E-state index contributed by atoms with van der Waals surface area (Å²) in [4.78, 5) is 29.0. The maximum Gasteiger partial charge on any atom is 0.280 e. The molecule has 1 aromatic heterocycles. The topological polar surface area (TPSA) is 83.1 Å². The van der Waals surface area contributed by atoms with Crippen molar-refractivity contribution >= 4 is 28.8 Å². The molecule has 3 atom stereocenters. The lowest BCUT2D eigenvalue weighted by atomic mass is 10.1. The Morgan fingerprint density at radius 3 is 2.84 bits per heavy atom. The number of aromatic nitrogens is 1. The SMILES string of the molecule is CC(=O)Nc1ccccc1-c1cnc(C(=O)NC2CC3CNC2C3)s1. The van der Waals surface area contributed by atoms with Gasteiger partial charge < -0.3 is 16.0 Å². The van der Waals surface area contributed by atoms with Gasteiger partial charge in [-0.05, 0) is 31.4 Å². The number of thiazole rings is 1. The number of hydrogen-bond donors (Lipinski definition) is 3. The van der Waals surface area contributed by atoms with Gasteiger partial charge in [0.15, 0.2) is 5.01 Å². The standard InChI is InChI=1S/C18H20N4O2S/c1-10(23)21-13-5-3-2-4-12(13)16-9-20-18(25-16)17(24)22-15-7-11-6-14(15)19-8-11/h2-5,9,11,14-15,19H,6-8H2,1H3,(H,21,23)(H,22,24). The van der Waals surface area contributed by atoms with Crippen LogP contribution in [0.3, 0.4) is 0 Å². The lowest BCUT2D eigenvalue weighted by Crippen LogP contribution is -2.47. The number of rotatable bonds is 4. The number of benzene rings is 1. The second-order valence-corrected chi connectivity index (χ2v) is 7.72. The zero-order valence-electron chi connectivity index (χ0n) is 13.9. The summed E-state index contributed by atoms with van der Waals surface area (Å²) >= 11 is 1.34. The summed E-state index contributed by atoms with van der Waals surface area (Å²) in [6.45, 7) is 2.55. The first kappa shape index (κ1) is 16.2. The first-order valence-electron chi connectivity index (χ1n) is 8.47. The van der Waals surface area contributed by atoms with E-state index in [1.54, 1.807) is 6.20 Å². The summed E-state index contributed by atoms with van der Waals surface area (Å²) in [5, 5.41) is 9.84. The smallest absolute Gasteiger partial charge is 0.280 e. The number of anilines is 1. The first-order valence-corrected chi connectivity index (χ1v) is 9.29. The van der Waals surface area contributed by atoms with Gasteiger partial charge in [0.25, 0.3) is 5.91 Å². The fourth-order valence-corrected chi connectivity index (χ4v) is 4.60. The Kier molecular flexibility index (Phi) is 4.27. The summed E-state index contributed by atoms with van der Waals surface area (Å²) in [6.07, 6.45) is 3.89. The Balaban J connectivity index is 1.50. The van der Waals surface area contributed by atoms with Crippen molar-refractivity contribution in [1.82, 2.24) is 15.6 Å². The molecule has 2 heterocycles. The molecule has 2 fully saturated rings. The molecule has 130 valence electrons. The van der Waals surface area contributed by atoms with Crippen LogP contribution >= 0.6 is 11.3 Å². The van der Waals surface area contributed by atoms with Crippen LogP contribution in [-0.2, 0) is 4.79 Å². The number of amides is 2. The summed E-state index contributed by atoms with van der Waals surface area (Å²) in [7, 11) is 0. The van der Waals surface area contributed by atoms with E-state index in [9.17, 15) is 9.59 Å². The molecular weight excluding hydrogens is 336 g/mol. The molecule has 1 aliphatic carbocycles. The van der Waals surface area contributed by atoms with Crippen LogP contribution < -0.4 is 16.0 Å². The van der Waals surface area contributed by atoms with Gasteiger partial charge in [0.2, 0.25) is 5.91 Å². The molecular formula is C18H20N4O2S. The zero-order valence-corrected chi connectivity index (χ0v) is 14.7.